The smallest absolute Gasteiger partial charge is 0.319 e. The van der Waals surface area contributed by atoms with Gasteiger partial charge in [-0.15, -0.1) is 5.10 Å². The lowest BCUT2D eigenvalue weighted by molar-refractivity contribution is 0.249. The number of aryl methyl sites for hydroxylation is 1. The second-order valence-electron chi connectivity index (χ2n) is 4.93. The van der Waals surface area contributed by atoms with Gasteiger partial charge in [0.15, 0.2) is 5.82 Å². The molecule has 1 aromatic carbocycles. The third-order valence-electron chi connectivity index (χ3n) is 3.28. The minimum absolute atomic E-state index is 0.111. The summed E-state index contributed by atoms with van der Waals surface area (Å²) in [6, 6.07) is 5.14. The first-order chi connectivity index (χ1) is 10.5. The number of urea groups is 1. The number of carbonyl (C=O) groups is 1. The topological polar surface area (TPSA) is 94.0 Å². The molecule has 2 N–H and O–H groups in total. The van der Waals surface area contributed by atoms with Gasteiger partial charge in [-0.25, -0.2) is 4.79 Å². The normalized spacial score (nSPS) is 11.8. The van der Waals surface area contributed by atoms with E-state index in [9.17, 15) is 4.79 Å². The van der Waals surface area contributed by atoms with Crippen LogP contribution >= 0.6 is 0 Å². The Morgan fingerprint density at radius 3 is 2.82 bits per heavy atom. The third kappa shape index (κ3) is 3.51. The van der Waals surface area contributed by atoms with Crippen LogP contribution in [0, 0.1) is 6.92 Å². The molecule has 0 aliphatic rings. The maximum Gasteiger partial charge on any atom is 0.319 e. The first-order valence-electron chi connectivity index (χ1n) is 7.06. The fourth-order valence-corrected chi connectivity index (χ4v) is 1.88. The highest BCUT2D eigenvalue weighted by atomic mass is 16.5. The van der Waals surface area contributed by atoms with E-state index < -0.39 is 0 Å². The van der Waals surface area contributed by atoms with Crippen LogP contribution in [-0.2, 0) is 0 Å². The van der Waals surface area contributed by atoms with E-state index in [1.165, 1.54) is 0 Å². The largest absolute Gasteiger partial charge is 0.494 e. The molecule has 0 bridgehead atoms. The second kappa shape index (κ2) is 6.88. The summed E-state index contributed by atoms with van der Waals surface area (Å²) in [5.74, 6) is 1.24. The summed E-state index contributed by atoms with van der Waals surface area (Å²) < 4.78 is 6.87. The number of benzene rings is 1. The summed E-state index contributed by atoms with van der Waals surface area (Å²) in [6.07, 6.45) is 0.866. The number of ether oxygens (including phenoxy) is 1. The molecule has 1 heterocycles. The van der Waals surface area contributed by atoms with Crippen LogP contribution in [0.3, 0.4) is 0 Å². The van der Waals surface area contributed by atoms with Crippen LogP contribution in [0.2, 0.25) is 0 Å². The molecule has 0 saturated carbocycles. The van der Waals surface area contributed by atoms with Crippen molar-refractivity contribution in [2.24, 2.45) is 0 Å². The molecule has 0 unspecified atom stereocenters. The molecule has 22 heavy (non-hydrogen) atoms. The zero-order valence-electron chi connectivity index (χ0n) is 13.1. The van der Waals surface area contributed by atoms with Crippen molar-refractivity contribution in [1.29, 1.82) is 0 Å². The molecular weight excluding hydrogens is 284 g/mol. The van der Waals surface area contributed by atoms with E-state index in [1.807, 2.05) is 13.8 Å². The summed E-state index contributed by atoms with van der Waals surface area (Å²) in [5, 5.41) is 17.0. The molecule has 118 valence electrons. The molecule has 0 aliphatic carbocycles. The molecule has 8 heteroatoms. The molecule has 0 spiro atoms. The van der Waals surface area contributed by atoms with Gasteiger partial charge in [-0.3, -0.25) is 0 Å². The van der Waals surface area contributed by atoms with Gasteiger partial charge in [-0.1, -0.05) is 6.92 Å². The lowest BCUT2D eigenvalue weighted by atomic mass is 10.2. The van der Waals surface area contributed by atoms with Gasteiger partial charge in [0.2, 0.25) is 0 Å². The van der Waals surface area contributed by atoms with E-state index >= 15 is 0 Å². The second-order valence-corrected chi connectivity index (χ2v) is 4.93. The Bertz CT molecular complexity index is 655. The van der Waals surface area contributed by atoms with Crippen molar-refractivity contribution in [3.05, 3.63) is 24.0 Å². The molecule has 0 fully saturated rings. The monoisotopic (exact) mass is 304 g/mol. The molecule has 2 amide bonds. The first kappa shape index (κ1) is 15.7. The minimum atomic E-state index is -0.251. The maximum absolute atomic E-state index is 11.9. The number of nitrogens with one attached hydrogen (secondary N) is 2. The SMILES string of the molecule is CC[C@H](C)NC(=O)Nc1ccc(OC)c(-n2nnnc2C)c1. The van der Waals surface area contributed by atoms with E-state index in [0.717, 1.165) is 6.42 Å². The number of aromatic nitrogens is 4. The van der Waals surface area contributed by atoms with Gasteiger partial charge in [-0.2, -0.15) is 4.68 Å². The zero-order valence-corrected chi connectivity index (χ0v) is 13.1. The van der Waals surface area contributed by atoms with Crippen LogP contribution < -0.4 is 15.4 Å². The van der Waals surface area contributed by atoms with Gasteiger partial charge in [0.05, 0.1) is 7.11 Å². The molecule has 0 aliphatic heterocycles. The molecule has 1 atom stereocenters. The summed E-state index contributed by atoms with van der Waals surface area (Å²) in [5.41, 5.74) is 1.29. The van der Waals surface area contributed by atoms with Crippen LogP contribution in [0.4, 0.5) is 10.5 Å². The Morgan fingerprint density at radius 2 is 2.23 bits per heavy atom. The predicted molar refractivity (Wildman–Crippen MR) is 82.4 cm³/mol. The van der Waals surface area contributed by atoms with Crippen LogP contribution in [0.15, 0.2) is 18.2 Å². The Hall–Kier alpha value is -2.64. The molecule has 1 aromatic heterocycles. The predicted octanol–water partition coefficient (Wildman–Crippen LogP) is 1.90. The van der Waals surface area contributed by atoms with Crippen molar-refractivity contribution in [1.82, 2.24) is 25.5 Å². The lowest BCUT2D eigenvalue weighted by Gasteiger charge is -2.14. The number of anilines is 1. The molecule has 0 radical (unpaired) electrons. The Morgan fingerprint density at radius 1 is 1.45 bits per heavy atom. The van der Waals surface area contributed by atoms with Crippen molar-refractivity contribution in [3.8, 4) is 11.4 Å². The van der Waals surface area contributed by atoms with Crippen LogP contribution in [0.5, 0.6) is 5.75 Å². The van der Waals surface area contributed by atoms with Crippen molar-refractivity contribution >= 4 is 11.7 Å². The fraction of sp³-hybridized carbons (Fsp3) is 0.429. The van der Waals surface area contributed by atoms with Gasteiger partial charge in [0.1, 0.15) is 11.4 Å². The number of tetrazole rings is 1. The van der Waals surface area contributed by atoms with E-state index in [1.54, 1.807) is 36.9 Å². The third-order valence-corrected chi connectivity index (χ3v) is 3.28. The summed E-state index contributed by atoms with van der Waals surface area (Å²) in [6.45, 7) is 5.75. The number of rotatable bonds is 5. The van der Waals surface area contributed by atoms with E-state index in [2.05, 4.69) is 26.2 Å². The van der Waals surface area contributed by atoms with E-state index in [4.69, 9.17) is 4.74 Å². The molecule has 2 rings (SSSR count). The summed E-state index contributed by atoms with van der Waals surface area (Å²) in [4.78, 5) is 11.9. The van der Waals surface area contributed by atoms with Gasteiger partial charge in [0, 0.05) is 11.7 Å². The molecule has 2 aromatic rings. The van der Waals surface area contributed by atoms with E-state index in [0.29, 0.717) is 22.9 Å². The number of carbonyl (C=O) groups excluding carboxylic acids is 1. The number of hydrogen-bond donors (Lipinski definition) is 2. The molecular formula is C14H20N6O2. The Kier molecular flexibility index (Phi) is 4.92. The summed E-state index contributed by atoms with van der Waals surface area (Å²) >= 11 is 0. The van der Waals surface area contributed by atoms with E-state index in [-0.39, 0.29) is 12.1 Å². The molecule has 0 saturated heterocycles. The fourth-order valence-electron chi connectivity index (χ4n) is 1.88. The average Bonchev–Trinajstić information content (AvgIpc) is 2.92. The van der Waals surface area contributed by atoms with Crippen molar-refractivity contribution in [2.75, 3.05) is 12.4 Å². The van der Waals surface area contributed by atoms with Crippen molar-refractivity contribution in [3.63, 3.8) is 0 Å². The number of nitrogens with zero attached hydrogens (tertiary/aromatic N) is 4. The molecule has 8 nitrogen and oxygen atoms in total. The quantitative estimate of drug-likeness (QED) is 0.880. The van der Waals surface area contributed by atoms with Crippen molar-refractivity contribution in [2.45, 2.75) is 33.2 Å². The van der Waals surface area contributed by atoms with Crippen LogP contribution in [0.25, 0.3) is 5.69 Å². The first-order valence-corrected chi connectivity index (χ1v) is 7.06. The number of amides is 2. The van der Waals surface area contributed by atoms with Gasteiger partial charge in [-0.05, 0) is 48.9 Å². The highest BCUT2D eigenvalue weighted by molar-refractivity contribution is 5.90. The number of methoxy groups -OCH3 is 1. The van der Waals surface area contributed by atoms with Crippen molar-refractivity contribution < 1.29 is 9.53 Å². The Labute approximate surface area is 128 Å². The van der Waals surface area contributed by atoms with Gasteiger partial charge in [0.25, 0.3) is 0 Å². The zero-order chi connectivity index (χ0) is 16.1. The minimum Gasteiger partial charge on any atom is -0.494 e. The van der Waals surface area contributed by atoms with Gasteiger partial charge < -0.3 is 15.4 Å². The standard InChI is InChI=1S/C14H20N6O2/c1-5-9(2)15-14(21)16-11-6-7-13(22-4)12(8-11)20-10(3)17-18-19-20/h6-9H,5H2,1-4H3,(H2,15,16,21)/t9-/m0/s1. The van der Waals surface area contributed by atoms with Crippen LogP contribution in [-0.4, -0.2) is 39.4 Å². The lowest BCUT2D eigenvalue weighted by Crippen LogP contribution is -2.35. The highest BCUT2D eigenvalue weighted by Crippen LogP contribution is 2.26. The maximum atomic E-state index is 11.9. The number of hydrogen-bond acceptors (Lipinski definition) is 5. The highest BCUT2D eigenvalue weighted by Gasteiger charge is 2.12. The average molecular weight is 304 g/mol. The van der Waals surface area contributed by atoms with Crippen LogP contribution in [0.1, 0.15) is 26.1 Å². The summed E-state index contributed by atoms with van der Waals surface area (Å²) in [7, 11) is 1.57. The van der Waals surface area contributed by atoms with Gasteiger partial charge >= 0.3 is 6.03 Å². The Balaban J connectivity index is 2.24.